The van der Waals surface area contributed by atoms with Crippen molar-refractivity contribution in [3.05, 3.63) is 22.2 Å². The number of hydrogen-bond donors (Lipinski definition) is 2. The molecule has 4 nitrogen and oxygen atoms in total. The molecular formula is C6H9N3OS. The molecule has 0 aliphatic rings. The maximum atomic E-state index is 10.7. The van der Waals surface area contributed by atoms with Gasteiger partial charge >= 0.3 is 5.69 Å². The fourth-order valence-corrected chi connectivity index (χ4v) is 1.32. The summed E-state index contributed by atoms with van der Waals surface area (Å²) in [6.07, 6.45) is 3.38. The van der Waals surface area contributed by atoms with Crippen molar-refractivity contribution in [1.82, 2.24) is 9.97 Å². The summed E-state index contributed by atoms with van der Waals surface area (Å²) >= 11 is 1.46. The van der Waals surface area contributed by atoms with Crippen LogP contribution in [0.3, 0.4) is 0 Å². The van der Waals surface area contributed by atoms with E-state index in [0.717, 1.165) is 10.6 Å². The highest BCUT2D eigenvalue weighted by Gasteiger charge is 1.99. The third kappa shape index (κ3) is 1.81. The first-order chi connectivity index (χ1) is 5.27. The lowest BCUT2D eigenvalue weighted by Gasteiger charge is -2.00. The van der Waals surface area contributed by atoms with E-state index in [1.54, 1.807) is 0 Å². The molecule has 1 heterocycles. The number of aromatic amines is 1. The van der Waals surface area contributed by atoms with Crippen LogP contribution >= 0.6 is 11.8 Å². The first-order valence-electron chi connectivity index (χ1n) is 3.10. The van der Waals surface area contributed by atoms with E-state index in [9.17, 15) is 4.79 Å². The summed E-state index contributed by atoms with van der Waals surface area (Å²) in [6.45, 7) is 0.403. The van der Waals surface area contributed by atoms with Crippen molar-refractivity contribution in [1.29, 1.82) is 0 Å². The van der Waals surface area contributed by atoms with Crippen molar-refractivity contribution < 1.29 is 0 Å². The molecule has 1 aromatic heterocycles. The molecule has 0 saturated heterocycles. The Balaban J connectivity index is 3.16. The van der Waals surface area contributed by atoms with Gasteiger partial charge in [0.1, 0.15) is 0 Å². The van der Waals surface area contributed by atoms with Crippen LogP contribution in [0.4, 0.5) is 0 Å². The first kappa shape index (κ1) is 8.29. The average molecular weight is 171 g/mol. The number of nitrogens with zero attached hydrogens (tertiary/aromatic N) is 1. The van der Waals surface area contributed by atoms with Crippen LogP contribution in [0.15, 0.2) is 16.0 Å². The van der Waals surface area contributed by atoms with E-state index >= 15 is 0 Å². The molecule has 5 heteroatoms. The Bertz CT molecular complexity index is 296. The lowest BCUT2D eigenvalue weighted by Crippen LogP contribution is -2.13. The molecule has 0 fully saturated rings. The summed E-state index contributed by atoms with van der Waals surface area (Å²) in [5.74, 6) is 0. The second kappa shape index (κ2) is 3.54. The topological polar surface area (TPSA) is 71.8 Å². The molecular weight excluding hydrogens is 162 g/mol. The molecule has 0 spiro atoms. The minimum absolute atomic E-state index is 0.327. The molecule has 0 aliphatic heterocycles. The predicted octanol–water partition coefficient (Wildman–Crippen LogP) is -0.0495. The Morgan fingerprint density at radius 3 is 3.09 bits per heavy atom. The third-order valence-corrected chi connectivity index (χ3v) is 2.05. The van der Waals surface area contributed by atoms with Gasteiger partial charge in [-0.2, -0.15) is 0 Å². The van der Waals surface area contributed by atoms with Crippen LogP contribution < -0.4 is 11.4 Å². The molecule has 0 amide bonds. The maximum Gasteiger partial charge on any atom is 0.345 e. The zero-order valence-corrected chi connectivity index (χ0v) is 6.94. The lowest BCUT2D eigenvalue weighted by atomic mass is 10.3. The van der Waals surface area contributed by atoms with Crippen LogP contribution in [-0.4, -0.2) is 16.2 Å². The van der Waals surface area contributed by atoms with E-state index in [1.807, 2.05) is 6.26 Å². The van der Waals surface area contributed by atoms with Gasteiger partial charge in [0, 0.05) is 18.3 Å². The van der Waals surface area contributed by atoms with Crippen LogP contribution in [0.2, 0.25) is 0 Å². The van der Waals surface area contributed by atoms with Crippen molar-refractivity contribution in [2.45, 2.75) is 11.6 Å². The SMILES string of the molecule is CSc1[nH]c(=O)ncc1CN. The molecule has 11 heavy (non-hydrogen) atoms. The van der Waals surface area contributed by atoms with Gasteiger partial charge in [0.2, 0.25) is 0 Å². The minimum atomic E-state index is -0.327. The molecule has 3 N–H and O–H groups in total. The summed E-state index contributed by atoms with van der Waals surface area (Å²) in [5, 5.41) is 0.799. The summed E-state index contributed by atoms with van der Waals surface area (Å²) in [6, 6.07) is 0. The third-order valence-electron chi connectivity index (χ3n) is 1.27. The predicted molar refractivity (Wildman–Crippen MR) is 44.5 cm³/mol. The van der Waals surface area contributed by atoms with Gasteiger partial charge in [-0.1, -0.05) is 0 Å². The monoisotopic (exact) mass is 171 g/mol. The fourth-order valence-electron chi connectivity index (χ4n) is 0.732. The molecule has 1 aromatic rings. The van der Waals surface area contributed by atoms with Gasteiger partial charge in [-0.3, -0.25) is 0 Å². The first-order valence-corrected chi connectivity index (χ1v) is 4.32. The molecule has 0 aliphatic carbocycles. The van der Waals surface area contributed by atoms with Crippen molar-refractivity contribution in [3.8, 4) is 0 Å². The van der Waals surface area contributed by atoms with Gasteiger partial charge < -0.3 is 10.7 Å². The van der Waals surface area contributed by atoms with Crippen LogP contribution in [0.1, 0.15) is 5.56 Å². The van der Waals surface area contributed by atoms with Gasteiger partial charge in [0.15, 0.2) is 0 Å². The van der Waals surface area contributed by atoms with Gasteiger partial charge in [-0.25, -0.2) is 9.78 Å². The van der Waals surface area contributed by atoms with Crippen molar-refractivity contribution in [2.75, 3.05) is 6.26 Å². The van der Waals surface area contributed by atoms with E-state index in [2.05, 4.69) is 9.97 Å². The molecule has 60 valence electrons. The zero-order valence-electron chi connectivity index (χ0n) is 6.13. The van der Waals surface area contributed by atoms with Gasteiger partial charge in [0.25, 0.3) is 0 Å². The van der Waals surface area contributed by atoms with Crippen LogP contribution in [0, 0.1) is 0 Å². The average Bonchev–Trinajstić information content (AvgIpc) is 2.04. The minimum Gasteiger partial charge on any atom is -0.326 e. The normalized spacial score (nSPS) is 10.0. The summed E-state index contributed by atoms with van der Waals surface area (Å²) < 4.78 is 0. The molecule has 0 saturated carbocycles. The Morgan fingerprint density at radius 1 is 1.82 bits per heavy atom. The second-order valence-corrected chi connectivity index (χ2v) is 2.77. The summed E-state index contributed by atoms with van der Waals surface area (Å²) in [7, 11) is 0. The second-order valence-electron chi connectivity index (χ2n) is 1.95. The maximum absolute atomic E-state index is 10.7. The van der Waals surface area contributed by atoms with Crippen LogP contribution in [-0.2, 0) is 6.54 Å². The largest absolute Gasteiger partial charge is 0.345 e. The number of H-pyrrole nitrogens is 1. The van der Waals surface area contributed by atoms with Crippen LogP contribution in [0.25, 0.3) is 0 Å². The Hall–Kier alpha value is -0.810. The number of nitrogens with one attached hydrogen (secondary N) is 1. The number of hydrogen-bond acceptors (Lipinski definition) is 4. The van der Waals surface area contributed by atoms with Gasteiger partial charge in [-0.05, 0) is 6.26 Å². The standard InChI is InChI=1S/C6H9N3OS/c1-11-5-4(2-7)3-8-6(10)9-5/h3H,2,7H2,1H3,(H,8,9,10). The Kier molecular flexibility index (Phi) is 2.67. The van der Waals surface area contributed by atoms with E-state index in [4.69, 9.17) is 5.73 Å². The van der Waals surface area contributed by atoms with Crippen molar-refractivity contribution >= 4 is 11.8 Å². The number of thioether (sulfide) groups is 1. The highest BCUT2D eigenvalue weighted by Crippen LogP contribution is 2.13. The van der Waals surface area contributed by atoms with E-state index in [-0.39, 0.29) is 5.69 Å². The van der Waals surface area contributed by atoms with Gasteiger partial charge in [0.05, 0.1) is 5.03 Å². The fraction of sp³-hybridized carbons (Fsp3) is 0.333. The Labute approximate surface area is 68.2 Å². The number of aromatic nitrogens is 2. The van der Waals surface area contributed by atoms with Crippen molar-refractivity contribution in [2.24, 2.45) is 5.73 Å². The smallest absolute Gasteiger partial charge is 0.326 e. The highest BCUT2D eigenvalue weighted by molar-refractivity contribution is 7.98. The van der Waals surface area contributed by atoms with E-state index < -0.39 is 0 Å². The van der Waals surface area contributed by atoms with E-state index in [0.29, 0.717) is 6.54 Å². The molecule has 0 aromatic carbocycles. The van der Waals surface area contributed by atoms with Crippen molar-refractivity contribution in [3.63, 3.8) is 0 Å². The summed E-state index contributed by atoms with van der Waals surface area (Å²) in [5.41, 5.74) is 5.95. The number of nitrogens with two attached hydrogens (primary N) is 1. The molecule has 0 unspecified atom stereocenters. The van der Waals surface area contributed by atoms with Gasteiger partial charge in [-0.15, -0.1) is 11.8 Å². The Morgan fingerprint density at radius 2 is 2.55 bits per heavy atom. The number of rotatable bonds is 2. The summed E-state index contributed by atoms with van der Waals surface area (Å²) in [4.78, 5) is 16.8. The lowest BCUT2D eigenvalue weighted by molar-refractivity contribution is 0.890. The molecule has 0 atom stereocenters. The molecule has 0 radical (unpaired) electrons. The molecule has 1 rings (SSSR count). The van der Waals surface area contributed by atoms with Crippen LogP contribution in [0.5, 0.6) is 0 Å². The zero-order chi connectivity index (χ0) is 8.27. The van der Waals surface area contributed by atoms with E-state index in [1.165, 1.54) is 18.0 Å². The highest BCUT2D eigenvalue weighted by atomic mass is 32.2. The molecule has 0 bridgehead atoms. The quantitative estimate of drug-likeness (QED) is 0.483.